The van der Waals surface area contributed by atoms with E-state index in [0.29, 0.717) is 0 Å². The summed E-state index contributed by atoms with van der Waals surface area (Å²) < 4.78 is 47.4. The molecule has 0 bridgehead atoms. The number of benzene rings is 2. The number of nitrogens with one attached hydrogen (secondary N) is 1. The fourth-order valence-corrected chi connectivity index (χ4v) is 3.37. The molecule has 1 unspecified atom stereocenters. The van der Waals surface area contributed by atoms with Gasteiger partial charge in [-0.1, -0.05) is 18.2 Å². The lowest BCUT2D eigenvalue weighted by Crippen LogP contribution is -2.42. The molecule has 2 heterocycles. The largest absolute Gasteiger partial charge is 0.440 e. The van der Waals surface area contributed by atoms with Gasteiger partial charge in [-0.15, -0.1) is 0 Å². The van der Waals surface area contributed by atoms with E-state index in [1.807, 2.05) is 0 Å². The van der Waals surface area contributed by atoms with E-state index in [0.717, 1.165) is 17.0 Å². The summed E-state index contributed by atoms with van der Waals surface area (Å²) in [5.74, 6) is -3.54. The first-order valence-corrected chi connectivity index (χ1v) is 9.15. The average molecular weight is 415 g/mol. The molecule has 1 saturated heterocycles. The van der Waals surface area contributed by atoms with Crippen molar-refractivity contribution in [2.75, 3.05) is 11.4 Å². The number of para-hydroxylation sites is 1. The molecule has 30 heavy (non-hydrogen) atoms. The van der Waals surface area contributed by atoms with Crippen LogP contribution in [0.5, 0.6) is 0 Å². The minimum Gasteiger partial charge on any atom is -0.440 e. The van der Waals surface area contributed by atoms with E-state index in [1.165, 1.54) is 31.2 Å². The van der Waals surface area contributed by atoms with Crippen LogP contribution >= 0.6 is 0 Å². The molecule has 3 aromatic rings. The summed E-state index contributed by atoms with van der Waals surface area (Å²) in [7, 11) is 0. The molecule has 0 spiro atoms. The van der Waals surface area contributed by atoms with E-state index < -0.39 is 41.0 Å². The number of hydrogen-bond donors (Lipinski definition) is 1. The summed E-state index contributed by atoms with van der Waals surface area (Å²) in [5, 5.41) is 2.51. The molecule has 0 aliphatic carbocycles. The molecule has 154 valence electrons. The predicted octanol–water partition coefficient (Wildman–Crippen LogP) is 3.60. The van der Waals surface area contributed by atoms with Gasteiger partial charge >= 0.3 is 0 Å². The molecule has 6 nitrogen and oxygen atoms in total. The standard InChI is InChI=1S/C21H16F3N3O3/c1-11-17(26-20(30-11)12-5-2-3-6-13(12)22)19(28)25-16-9-10-27(21(16)29)18-14(23)7-4-8-15(18)24/h2-8,16H,9-10H2,1H3,(H,25,28). The number of nitrogens with zero attached hydrogens (tertiary/aromatic N) is 2. The molecule has 0 saturated carbocycles. The van der Waals surface area contributed by atoms with Crippen LogP contribution in [0.3, 0.4) is 0 Å². The van der Waals surface area contributed by atoms with Gasteiger partial charge < -0.3 is 14.6 Å². The zero-order chi connectivity index (χ0) is 21.4. The number of oxazole rings is 1. The Morgan fingerprint density at radius 3 is 2.47 bits per heavy atom. The predicted molar refractivity (Wildman–Crippen MR) is 101 cm³/mol. The van der Waals surface area contributed by atoms with Crippen molar-refractivity contribution in [3.63, 3.8) is 0 Å². The van der Waals surface area contributed by atoms with E-state index in [1.54, 1.807) is 6.07 Å². The molecule has 1 atom stereocenters. The van der Waals surface area contributed by atoms with E-state index in [-0.39, 0.29) is 35.9 Å². The second kappa shape index (κ2) is 7.66. The van der Waals surface area contributed by atoms with Gasteiger partial charge in [0.25, 0.3) is 5.91 Å². The Bertz CT molecular complexity index is 1130. The van der Waals surface area contributed by atoms with Crippen molar-refractivity contribution < 1.29 is 27.2 Å². The first kappa shape index (κ1) is 19.7. The van der Waals surface area contributed by atoms with Crippen LogP contribution in [0.1, 0.15) is 22.7 Å². The van der Waals surface area contributed by atoms with Crippen molar-refractivity contribution in [3.8, 4) is 11.5 Å². The molecule has 1 aliphatic heterocycles. The highest BCUT2D eigenvalue weighted by Crippen LogP contribution is 2.28. The van der Waals surface area contributed by atoms with Crippen LogP contribution in [-0.4, -0.2) is 29.4 Å². The Labute approximate surface area is 169 Å². The summed E-state index contributed by atoms with van der Waals surface area (Å²) in [5.41, 5.74) is -0.451. The maximum Gasteiger partial charge on any atom is 0.274 e. The zero-order valence-electron chi connectivity index (χ0n) is 15.8. The summed E-state index contributed by atoms with van der Waals surface area (Å²) >= 11 is 0. The van der Waals surface area contributed by atoms with Crippen molar-refractivity contribution in [1.82, 2.24) is 10.3 Å². The molecule has 1 fully saturated rings. The fraction of sp³-hybridized carbons (Fsp3) is 0.190. The number of aryl methyl sites for hydroxylation is 1. The maximum absolute atomic E-state index is 14.0. The minimum absolute atomic E-state index is 0.0416. The fourth-order valence-electron chi connectivity index (χ4n) is 3.37. The quantitative estimate of drug-likeness (QED) is 0.707. The van der Waals surface area contributed by atoms with Crippen LogP contribution in [0.2, 0.25) is 0 Å². The van der Waals surface area contributed by atoms with Crippen LogP contribution in [0.4, 0.5) is 18.9 Å². The summed E-state index contributed by atoms with van der Waals surface area (Å²) in [6.45, 7) is 1.53. The van der Waals surface area contributed by atoms with Crippen molar-refractivity contribution in [2.45, 2.75) is 19.4 Å². The molecular weight excluding hydrogens is 399 g/mol. The number of halogens is 3. The monoisotopic (exact) mass is 415 g/mol. The van der Waals surface area contributed by atoms with E-state index in [9.17, 15) is 22.8 Å². The molecule has 2 aromatic carbocycles. The lowest BCUT2D eigenvalue weighted by Gasteiger charge is -2.18. The van der Waals surface area contributed by atoms with Gasteiger partial charge in [-0.25, -0.2) is 18.2 Å². The summed E-state index contributed by atoms with van der Waals surface area (Å²) in [6.07, 6.45) is 0.162. The summed E-state index contributed by atoms with van der Waals surface area (Å²) in [6, 6.07) is 8.15. The molecular formula is C21H16F3N3O3. The van der Waals surface area contributed by atoms with Crippen LogP contribution in [-0.2, 0) is 4.79 Å². The smallest absolute Gasteiger partial charge is 0.274 e. The molecule has 2 amide bonds. The Kier molecular flexibility index (Phi) is 5.03. The second-order valence-corrected chi connectivity index (χ2v) is 6.78. The lowest BCUT2D eigenvalue weighted by molar-refractivity contribution is -0.118. The van der Waals surface area contributed by atoms with E-state index in [4.69, 9.17) is 4.42 Å². The van der Waals surface area contributed by atoms with Crippen LogP contribution in [0.15, 0.2) is 46.9 Å². The Balaban J connectivity index is 1.53. The van der Waals surface area contributed by atoms with Gasteiger partial charge in [-0.2, -0.15) is 0 Å². The second-order valence-electron chi connectivity index (χ2n) is 6.78. The Hall–Kier alpha value is -3.62. The minimum atomic E-state index is -0.982. The number of anilines is 1. The maximum atomic E-state index is 14.0. The molecule has 4 rings (SSSR count). The van der Waals surface area contributed by atoms with Gasteiger partial charge in [-0.3, -0.25) is 9.59 Å². The topological polar surface area (TPSA) is 75.4 Å². The molecule has 1 aliphatic rings. The highest BCUT2D eigenvalue weighted by Gasteiger charge is 2.37. The van der Waals surface area contributed by atoms with Gasteiger partial charge in [-0.05, 0) is 37.6 Å². The number of rotatable bonds is 4. The van der Waals surface area contributed by atoms with Crippen molar-refractivity contribution in [1.29, 1.82) is 0 Å². The first-order valence-electron chi connectivity index (χ1n) is 9.15. The van der Waals surface area contributed by atoms with E-state index in [2.05, 4.69) is 10.3 Å². The normalized spacial score (nSPS) is 16.2. The highest BCUT2D eigenvalue weighted by molar-refractivity contribution is 6.03. The Morgan fingerprint density at radius 2 is 1.77 bits per heavy atom. The third-order valence-electron chi connectivity index (χ3n) is 4.83. The molecule has 1 N–H and O–H groups in total. The Morgan fingerprint density at radius 1 is 1.10 bits per heavy atom. The number of amides is 2. The lowest BCUT2D eigenvalue weighted by atomic mass is 10.2. The molecule has 1 aromatic heterocycles. The third-order valence-corrected chi connectivity index (χ3v) is 4.83. The van der Waals surface area contributed by atoms with Gasteiger partial charge in [0, 0.05) is 6.54 Å². The van der Waals surface area contributed by atoms with Crippen LogP contribution in [0, 0.1) is 24.4 Å². The van der Waals surface area contributed by atoms with Crippen LogP contribution < -0.4 is 10.2 Å². The summed E-state index contributed by atoms with van der Waals surface area (Å²) in [4.78, 5) is 30.3. The number of carbonyl (C=O) groups excluding carboxylic acids is 2. The van der Waals surface area contributed by atoms with Gasteiger partial charge in [0.15, 0.2) is 5.69 Å². The number of aromatic nitrogens is 1. The van der Waals surface area contributed by atoms with Crippen LogP contribution in [0.25, 0.3) is 11.5 Å². The SMILES string of the molecule is Cc1oc(-c2ccccc2F)nc1C(=O)NC1CCN(c2c(F)cccc2F)C1=O. The third kappa shape index (κ3) is 3.42. The van der Waals surface area contributed by atoms with Gasteiger partial charge in [0.05, 0.1) is 5.56 Å². The number of carbonyl (C=O) groups is 2. The van der Waals surface area contributed by atoms with Crippen molar-refractivity contribution in [2.24, 2.45) is 0 Å². The van der Waals surface area contributed by atoms with Gasteiger partial charge in [0.1, 0.15) is 34.9 Å². The average Bonchev–Trinajstić information content (AvgIpc) is 3.26. The molecule has 9 heteroatoms. The highest BCUT2D eigenvalue weighted by atomic mass is 19.1. The van der Waals surface area contributed by atoms with Crippen molar-refractivity contribution >= 4 is 17.5 Å². The van der Waals surface area contributed by atoms with E-state index >= 15 is 0 Å². The zero-order valence-corrected chi connectivity index (χ0v) is 15.8. The first-order chi connectivity index (χ1) is 14.4. The molecule has 0 radical (unpaired) electrons. The number of hydrogen-bond acceptors (Lipinski definition) is 4. The van der Waals surface area contributed by atoms with Gasteiger partial charge in [0.2, 0.25) is 11.8 Å². The van der Waals surface area contributed by atoms with Crippen molar-refractivity contribution in [3.05, 3.63) is 71.4 Å².